The van der Waals surface area contributed by atoms with Crippen LogP contribution in [0.3, 0.4) is 0 Å². The van der Waals surface area contributed by atoms with Crippen LogP contribution in [0, 0.1) is 17.3 Å². The van der Waals surface area contributed by atoms with Gasteiger partial charge in [0, 0.05) is 0 Å². The average Bonchev–Trinajstić information content (AvgIpc) is 2.78. The van der Waals surface area contributed by atoms with Crippen LogP contribution in [0.2, 0.25) is 0 Å². The van der Waals surface area contributed by atoms with Gasteiger partial charge in [0.1, 0.15) is 42.7 Å². The van der Waals surface area contributed by atoms with Gasteiger partial charge in [-0.1, -0.05) is 20.8 Å². The van der Waals surface area contributed by atoms with Gasteiger partial charge in [-0.15, -0.1) is 0 Å². The number of aliphatic hydroxyl groups is 7. The fourth-order valence-corrected chi connectivity index (χ4v) is 6.10. The second kappa shape index (κ2) is 12.2. The normalized spacial score (nSPS) is 48.5. The second-order valence-corrected chi connectivity index (χ2v) is 11.7. The van der Waals surface area contributed by atoms with Crippen molar-refractivity contribution in [1.29, 1.82) is 0 Å². The molecule has 0 aromatic carbocycles. The first-order valence-electron chi connectivity index (χ1n) is 13.1. The van der Waals surface area contributed by atoms with E-state index in [0.717, 1.165) is 19.3 Å². The maximum Gasteiger partial charge on any atom is 0.186 e. The number of hydrogen-bond acceptors (Lipinski definition) is 11. The SMILES string of the molecule is C[C@H](CC[C@H]1[C@H](C)C[C@H](O)CC1(C)C)O[C@@H]1O[C@H](CO[C@@H]2O[C@@H](C)[C@H](O)[C@@H](O)[C@H]2O)[C@@H](O)[C@H](O)C1O. The Hall–Kier alpha value is -0.440. The van der Waals surface area contributed by atoms with Gasteiger partial charge in [-0.25, -0.2) is 0 Å². The molecule has 36 heavy (non-hydrogen) atoms. The molecule has 3 rings (SSSR count). The van der Waals surface area contributed by atoms with Crippen molar-refractivity contribution in [3.63, 3.8) is 0 Å². The van der Waals surface area contributed by atoms with Gasteiger partial charge in [0.15, 0.2) is 12.6 Å². The van der Waals surface area contributed by atoms with Crippen molar-refractivity contribution >= 4 is 0 Å². The summed E-state index contributed by atoms with van der Waals surface area (Å²) >= 11 is 0. The largest absolute Gasteiger partial charge is 0.393 e. The molecular formula is C25H46O11. The standard InChI is InChI=1S/C25H46O11/c1-11-8-14(26)9-25(4,5)15(11)7-6-12(2)34-24-22(32)20(30)18(28)16(36-24)10-33-23-21(31)19(29)17(27)13(3)35-23/h11-24,26-32H,6-10H2,1-5H3/t11-,12-,13+,14+,15+,16-,17+,18-,19-,20+,21-,22?,23-,24-/m1/s1. The van der Waals surface area contributed by atoms with E-state index in [0.29, 0.717) is 18.3 Å². The summed E-state index contributed by atoms with van der Waals surface area (Å²) in [5.41, 5.74) is -0.00668. The molecule has 0 amide bonds. The van der Waals surface area contributed by atoms with Crippen LogP contribution in [0.15, 0.2) is 0 Å². The number of ether oxygens (including phenoxy) is 4. The maximum absolute atomic E-state index is 10.4. The van der Waals surface area contributed by atoms with E-state index in [4.69, 9.17) is 18.9 Å². The number of rotatable bonds is 8. The Kier molecular flexibility index (Phi) is 10.2. The van der Waals surface area contributed by atoms with Gasteiger partial charge in [-0.2, -0.15) is 0 Å². The van der Waals surface area contributed by atoms with Crippen LogP contribution >= 0.6 is 0 Å². The highest BCUT2D eigenvalue weighted by atomic mass is 16.7. The first-order valence-corrected chi connectivity index (χ1v) is 13.1. The smallest absolute Gasteiger partial charge is 0.186 e. The van der Waals surface area contributed by atoms with Crippen LogP contribution < -0.4 is 0 Å². The van der Waals surface area contributed by atoms with Crippen LogP contribution in [0.4, 0.5) is 0 Å². The quantitative estimate of drug-likeness (QED) is 0.213. The van der Waals surface area contributed by atoms with Crippen LogP contribution in [0.1, 0.15) is 60.3 Å². The third-order valence-electron chi connectivity index (χ3n) is 8.25. The predicted molar refractivity (Wildman–Crippen MR) is 126 cm³/mol. The molecule has 3 fully saturated rings. The molecule has 7 N–H and O–H groups in total. The third-order valence-corrected chi connectivity index (χ3v) is 8.25. The molecule has 11 heteroatoms. The van der Waals surface area contributed by atoms with Crippen molar-refractivity contribution in [2.24, 2.45) is 17.3 Å². The zero-order valence-corrected chi connectivity index (χ0v) is 21.9. The average molecular weight is 523 g/mol. The van der Waals surface area contributed by atoms with Crippen molar-refractivity contribution in [1.82, 2.24) is 0 Å². The lowest BCUT2D eigenvalue weighted by atomic mass is 9.61. The molecule has 0 aromatic rings. The fourth-order valence-electron chi connectivity index (χ4n) is 6.10. The minimum Gasteiger partial charge on any atom is -0.393 e. The summed E-state index contributed by atoms with van der Waals surface area (Å²) in [4.78, 5) is 0. The Bertz CT molecular complexity index is 693. The second-order valence-electron chi connectivity index (χ2n) is 11.7. The first kappa shape index (κ1) is 30.1. The zero-order chi connectivity index (χ0) is 26.9. The summed E-state index contributed by atoms with van der Waals surface area (Å²) < 4.78 is 22.6. The topological polar surface area (TPSA) is 179 Å². The molecule has 2 heterocycles. The van der Waals surface area contributed by atoms with Crippen LogP contribution in [-0.2, 0) is 18.9 Å². The highest BCUT2D eigenvalue weighted by molar-refractivity contribution is 4.92. The molecule has 0 spiro atoms. The molecule has 1 aliphatic carbocycles. The zero-order valence-electron chi connectivity index (χ0n) is 21.9. The summed E-state index contributed by atoms with van der Waals surface area (Å²) in [7, 11) is 0. The first-order chi connectivity index (χ1) is 16.7. The monoisotopic (exact) mass is 522 g/mol. The highest BCUT2D eigenvalue weighted by Gasteiger charge is 2.47. The van der Waals surface area contributed by atoms with Gasteiger partial charge in [0.25, 0.3) is 0 Å². The molecule has 3 aliphatic rings. The maximum atomic E-state index is 10.4. The summed E-state index contributed by atoms with van der Waals surface area (Å²) in [6.07, 6.45) is -10.7. The lowest BCUT2D eigenvalue weighted by Gasteiger charge is -2.46. The van der Waals surface area contributed by atoms with Crippen molar-refractivity contribution in [2.75, 3.05) is 6.61 Å². The molecule has 0 bridgehead atoms. The van der Waals surface area contributed by atoms with Crippen molar-refractivity contribution in [3.05, 3.63) is 0 Å². The molecule has 1 unspecified atom stereocenters. The molecule has 2 saturated heterocycles. The molecule has 11 nitrogen and oxygen atoms in total. The van der Waals surface area contributed by atoms with Crippen LogP contribution in [0.25, 0.3) is 0 Å². The number of hydrogen-bond donors (Lipinski definition) is 7. The van der Waals surface area contributed by atoms with Gasteiger partial charge in [-0.3, -0.25) is 0 Å². The van der Waals surface area contributed by atoms with E-state index in [1.165, 1.54) is 6.92 Å². The summed E-state index contributed by atoms with van der Waals surface area (Å²) in [5.74, 6) is 0.765. The van der Waals surface area contributed by atoms with Crippen molar-refractivity contribution in [3.8, 4) is 0 Å². The Balaban J connectivity index is 1.54. The van der Waals surface area contributed by atoms with Crippen molar-refractivity contribution in [2.45, 2.75) is 134 Å². The molecule has 14 atom stereocenters. The van der Waals surface area contributed by atoms with E-state index in [9.17, 15) is 35.7 Å². The van der Waals surface area contributed by atoms with E-state index in [1.807, 2.05) is 6.92 Å². The lowest BCUT2D eigenvalue weighted by molar-refractivity contribution is -0.332. The minimum atomic E-state index is -1.55. The Morgan fingerprint density at radius 2 is 1.44 bits per heavy atom. The molecule has 2 aliphatic heterocycles. The summed E-state index contributed by atoms with van der Waals surface area (Å²) in [5, 5.41) is 71.3. The van der Waals surface area contributed by atoms with E-state index in [2.05, 4.69) is 20.8 Å². The molecule has 0 aromatic heterocycles. The van der Waals surface area contributed by atoms with Gasteiger partial charge >= 0.3 is 0 Å². The highest BCUT2D eigenvalue weighted by Crippen LogP contribution is 2.46. The van der Waals surface area contributed by atoms with Crippen molar-refractivity contribution < 1.29 is 54.7 Å². The fraction of sp³-hybridized carbons (Fsp3) is 1.00. The Labute approximate surface area is 212 Å². The van der Waals surface area contributed by atoms with E-state index in [1.54, 1.807) is 0 Å². The van der Waals surface area contributed by atoms with Gasteiger partial charge in [0.05, 0.1) is 24.9 Å². The van der Waals surface area contributed by atoms with Gasteiger partial charge in [-0.05, 0) is 56.8 Å². The van der Waals surface area contributed by atoms with E-state index < -0.39 is 61.4 Å². The molecule has 1 saturated carbocycles. The lowest BCUT2D eigenvalue weighted by Crippen LogP contribution is -2.61. The minimum absolute atomic E-state index is 0.00668. The summed E-state index contributed by atoms with van der Waals surface area (Å²) in [6, 6.07) is 0. The van der Waals surface area contributed by atoms with E-state index in [-0.39, 0.29) is 24.2 Å². The third kappa shape index (κ3) is 6.76. The van der Waals surface area contributed by atoms with Crippen LogP contribution in [-0.4, -0.2) is 116 Å². The van der Waals surface area contributed by atoms with Gasteiger partial charge in [0.2, 0.25) is 0 Å². The Morgan fingerprint density at radius 1 is 0.833 bits per heavy atom. The predicted octanol–water partition coefficient (Wildman–Crippen LogP) is -0.743. The van der Waals surface area contributed by atoms with E-state index >= 15 is 0 Å². The van der Waals surface area contributed by atoms with Crippen LogP contribution in [0.5, 0.6) is 0 Å². The molecular weight excluding hydrogens is 476 g/mol. The van der Waals surface area contributed by atoms with Gasteiger partial charge < -0.3 is 54.7 Å². The summed E-state index contributed by atoms with van der Waals surface area (Å²) in [6.45, 7) is 9.55. The Morgan fingerprint density at radius 3 is 2.08 bits per heavy atom. The molecule has 0 radical (unpaired) electrons. The number of aliphatic hydroxyl groups excluding tert-OH is 7. The molecule has 212 valence electrons.